The van der Waals surface area contributed by atoms with Gasteiger partial charge in [-0.1, -0.05) is 6.92 Å². The summed E-state index contributed by atoms with van der Waals surface area (Å²) >= 11 is 0. The molecule has 0 aromatic carbocycles. The highest BCUT2D eigenvalue weighted by Gasteiger charge is 2.33. The molecule has 1 atom stereocenters. The molecule has 0 bridgehead atoms. The number of aryl methyl sites for hydroxylation is 1. The summed E-state index contributed by atoms with van der Waals surface area (Å²) in [6, 6.07) is 0.530. The van der Waals surface area contributed by atoms with Gasteiger partial charge < -0.3 is 9.88 Å². The largest absolute Gasteiger partial charge is 0.336 e. The number of imidazole rings is 1. The maximum atomic E-state index is 4.18. The number of nitrogens with one attached hydrogen (secondary N) is 1. The van der Waals surface area contributed by atoms with Gasteiger partial charge in [-0.15, -0.1) is 0 Å². The summed E-state index contributed by atoms with van der Waals surface area (Å²) in [4.78, 5) is 4.18. The highest BCUT2D eigenvalue weighted by atomic mass is 15.1. The van der Waals surface area contributed by atoms with E-state index in [4.69, 9.17) is 0 Å². The lowest BCUT2D eigenvalue weighted by atomic mass is 10.1. The number of hydrogen-bond donors (Lipinski definition) is 1. The van der Waals surface area contributed by atoms with E-state index in [9.17, 15) is 0 Å². The van der Waals surface area contributed by atoms with E-state index < -0.39 is 0 Å². The molecule has 1 fully saturated rings. The predicted molar refractivity (Wildman–Crippen MR) is 57.0 cm³/mol. The number of rotatable bonds is 5. The van der Waals surface area contributed by atoms with Gasteiger partial charge in [-0.05, 0) is 31.7 Å². The first-order valence-corrected chi connectivity index (χ1v) is 5.52. The van der Waals surface area contributed by atoms with Crippen molar-refractivity contribution in [2.45, 2.75) is 32.2 Å². The lowest BCUT2D eigenvalue weighted by Gasteiger charge is -2.18. The van der Waals surface area contributed by atoms with Crippen LogP contribution in [0.4, 0.5) is 0 Å². The molecule has 0 saturated heterocycles. The van der Waals surface area contributed by atoms with Crippen LogP contribution in [0, 0.1) is 5.92 Å². The fourth-order valence-electron chi connectivity index (χ4n) is 1.91. The van der Waals surface area contributed by atoms with Crippen LogP contribution in [0.15, 0.2) is 12.5 Å². The second-order valence-electron chi connectivity index (χ2n) is 4.20. The van der Waals surface area contributed by atoms with Gasteiger partial charge in [0.2, 0.25) is 0 Å². The topological polar surface area (TPSA) is 29.9 Å². The summed E-state index contributed by atoms with van der Waals surface area (Å²) < 4.78 is 2.13. The van der Waals surface area contributed by atoms with Crippen molar-refractivity contribution in [2.24, 2.45) is 13.0 Å². The molecule has 1 aromatic heterocycles. The fourth-order valence-corrected chi connectivity index (χ4v) is 1.91. The number of nitrogens with zero attached hydrogens (tertiary/aromatic N) is 2. The van der Waals surface area contributed by atoms with E-state index in [0.717, 1.165) is 12.5 Å². The van der Waals surface area contributed by atoms with E-state index in [1.807, 2.05) is 12.5 Å². The molecule has 3 nitrogen and oxygen atoms in total. The Bertz CT molecular complexity index is 288. The van der Waals surface area contributed by atoms with E-state index in [0.29, 0.717) is 6.04 Å². The summed E-state index contributed by atoms with van der Waals surface area (Å²) in [5, 5.41) is 3.61. The number of hydrogen-bond acceptors (Lipinski definition) is 2. The Morgan fingerprint density at radius 2 is 2.43 bits per heavy atom. The Hall–Kier alpha value is -0.830. The van der Waals surface area contributed by atoms with Crippen LogP contribution < -0.4 is 5.32 Å². The minimum absolute atomic E-state index is 0.530. The highest BCUT2D eigenvalue weighted by molar-refractivity contribution is 5.09. The zero-order valence-electron chi connectivity index (χ0n) is 9.03. The zero-order chi connectivity index (χ0) is 9.97. The summed E-state index contributed by atoms with van der Waals surface area (Å²) in [5.74, 6) is 0.844. The van der Waals surface area contributed by atoms with Crippen LogP contribution in [0.5, 0.6) is 0 Å². The molecule has 0 spiro atoms. The van der Waals surface area contributed by atoms with Gasteiger partial charge in [0.1, 0.15) is 0 Å². The van der Waals surface area contributed by atoms with Crippen molar-refractivity contribution >= 4 is 0 Å². The molecule has 1 unspecified atom stereocenters. The average molecular weight is 193 g/mol. The standard InChI is InChI=1S/C11H19N3/c1-3-6-13-11(9-4-5-9)10-7-12-8-14(10)2/h7-9,11,13H,3-6H2,1-2H3. The van der Waals surface area contributed by atoms with Crippen molar-refractivity contribution in [3.8, 4) is 0 Å². The van der Waals surface area contributed by atoms with Crippen LogP contribution in [0.2, 0.25) is 0 Å². The molecule has 1 heterocycles. The smallest absolute Gasteiger partial charge is 0.0946 e. The van der Waals surface area contributed by atoms with Crippen LogP contribution in [0.1, 0.15) is 37.9 Å². The first-order valence-electron chi connectivity index (χ1n) is 5.52. The Kier molecular flexibility index (Phi) is 2.87. The summed E-state index contributed by atoms with van der Waals surface area (Å²) in [6.07, 6.45) is 7.81. The second kappa shape index (κ2) is 4.13. The second-order valence-corrected chi connectivity index (χ2v) is 4.20. The van der Waals surface area contributed by atoms with Crippen molar-refractivity contribution in [1.82, 2.24) is 14.9 Å². The molecule has 0 aliphatic heterocycles. The van der Waals surface area contributed by atoms with E-state index >= 15 is 0 Å². The van der Waals surface area contributed by atoms with Crippen molar-refractivity contribution in [3.63, 3.8) is 0 Å². The van der Waals surface area contributed by atoms with E-state index in [1.165, 1.54) is 25.0 Å². The summed E-state index contributed by atoms with van der Waals surface area (Å²) in [6.45, 7) is 3.31. The van der Waals surface area contributed by atoms with Crippen molar-refractivity contribution in [2.75, 3.05) is 6.54 Å². The lowest BCUT2D eigenvalue weighted by molar-refractivity contribution is 0.459. The van der Waals surface area contributed by atoms with Gasteiger partial charge in [-0.2, -0.15) is 0 Å². The molecule has 1 aromatic rings. The Labute approximate surface area is 85.5 Å². The van der Waals surface area contributed by atoms with E-state index in [1.54, 1.807) is 0 Å². The molecule has 2 rings (SSSR count). The van der Waals surface area contributed by atoms with Crippen LogP contribution >= 0.6 is 0 Å². The monoisotopic (exact) mass is 193 g/mol. The fraction of sp³-hybridized carbons (Fsp3) is 0.727. The van der Waals surface area contributed by atoms with Crippen molar-refractivity contribution in [3.05, 3.63) is 18.2 Å². The van der Waals surface area contributed by atoms with Gasteiger partial charge >= 0.3 is 0 Å². The molecule has 1 aliphatic rings. The Morgan fingerprint density at radius 1 is 1.64 bits per heavy atom. The van der Waals surface area contributed by atoms with E-state index in [2.05, 4.69) is 28.8 Å². The molecule has 1 saturated carbocycles. The highest BCUT2D eigenvalue weighted by Crippen LogP contribution is 2.40. The summed E-state index contributed by atoms with van der Waals surface area (Å²) in [5.41, 5.74) is 1.33. The Balaban J connectivity index is 2.06. The van der Waals surface area contributed by atoms with Crippen LogP contribution in [-0.4, -0.2) is 16.1 Å². The van der Waals surface area contributed by atoms with Crippen molar-refractivity contribution in [1.29, 1.82) is 0 Å². The van der Waals surface area contributed by atoms with Crippen LogP contribution in [0.25, 0.3) is 0 Å². The third-order valence-electron chi connectivity index (χ3n) is 2.88. The molecule has 0 amide bonds. The van der Waals surface area contributed by atoms with Gasteiger partial charge in [0, 0.05) is 13.2 Å². The van der Waals surface area contributed by atoms with Gasteiger partial charge in [0.25, 0.3) is 0 Å². The maximum Gasteiger partial charge on any atom is 0.0946 e. The van der Waals surface area contributed by atoms with Crippen LogP contribution in [-0.2, 0) is 7.05 Å². The molecule has 1 N–H and O–H groups in total. The van der Waals surface area contributed by atoms with Gasteiger partial charge in [0.15, 0.2) is 0 Å². The third-order valence-corrected chi connectivity index (χ3v) is 2.88. The SMILES string of the molecule is CCCNC(c1cncn1C)C1CC1. The molecular weight excluding hydrogens is 174 g/mol. The van der Waals surface area contributed by atoms with Crippen LogP contribution in [0.3, 0.4) is 0 Å². The summed E-state index contributed by atoms with van der Waals surface area (Å²) in [7, 11) is 2.07. The molecular formula is C11H19N3. The average Bonchev–Trinajstić information content (AvgIpc) is 2.92. The van der Waals surface area contributed by atoms with E-state index in [-0.39, 0.29) is 0 Å². The van der Waals surface area contributed by atoms with Gasteiger partial charge in [-0.3, -0.25) is 0 Å². The quantitative estimate of drug-likeness (QED) is 0.773. The Morgan fingerprint density at radius 3 is 2.93 bits per heavy atom. The van der Waals surface area contributed by atoms with Crippen molar-refractivity contribution < 1.29 is 0 Å². The lowest BCUT2D eigenvalue weighted by Crippen LogP contribution is -2.25. The number of aromatic nitrogens is 2. The molecule has 0 radical (unpaired) electrons. The molecule has 78 valence electrons. The van der Waals surface area contributed by atoms with Gasteiger partial charge in [0.05, 0.1) is 18.1 Å². The minimum atomic E-state index is 0.530. The predicted octanol–water partition coefficient (Wildman–Crippen LogP) is 1.87. The molecule has 14 heavy (non-hydrogen) atoms. The van der Waals surface area contributed by atoms with Gasteiger partial charge in [-0.25, -0.2) is 4.98 Å². The normalized spacial score (nSPS) is 18.4. The molecule has 1 aliphatic carbocycles. The molecule has 3 heteroatoms. The minimum Gasteiger partial charge on any atom is -0.336 e. The third kappa shape index (κ3) is 1.98. The first-order chi connectivity index (χ1) is 6.83. The maximum absolute atomic E-state index is 4.18. The first kappa shape index (κ1) is 9.71. The zero-order valence-corrected chi connectivity index (χ0v) is 9.03.